The van der Waals surface area contributed by atoms with E-state index in [4.69, 9.17) is 0 Å². The van der Waals surface area contributed by atoms with Crippen LogP contribution in [-0.2, 0) is 9.59 Å². The molecule has 0 bridgehead atoms. The van der Waals surface area contributed by atoms with Gasteiger partial charge in [-0.05, 0) is 30.2 Å². The Morgan fingerprint density at radius 3 is 2.52 bits per heavy atom. The van der Waals surface area contributed by atoms with Crippen LogP contribution in [0.25, 0.3) is 0 Å². The Morgan fingerprint density at radius 1 is 1.29 bits per heavy atom. The molecule has 0 aromatic heterocycles. The van der Waals surface area contributed by atoms with Crippen LogP contribution in [0.5, 0.6) is 0 Å². The van der Waals surface area contributed by atoms with Crippen molar-refractivity contribution in [3.8, 4) is 0 Å². The molecule has 21 heavy (non-hydrogen) atoms. The van der Waals surface area contributed by atoms with Gasteiger partial charge in [-0.15, -0.1) is 0 Å². The number of carbonyl (C=O) groups is 2. The smallest absolute Gasteiger partial charge is 0.330 e. The van der Waals surface area contributed by atoms with Crippen LogP contribution >= 0.6 is 0 Å². The minimum atomic E-state index is -1.02. The summed E-state index contributed by atoms with van der Waals surface area (Å²) in [6.45, 7) is 4.33. The van der Waals surface area contributed by atoms with Crippen molar-refractivity contribution in [3.05, 3.63) is 35.9 Å². The molecule has 1 aliphatic rings. The zero-order chi connectivity index (χ0) is 15.5. The highest BCUT2D eigenvalue weighted by molar-refractivity contribution is 5.85. The molecule has 0 aliphatic heterocycles. The number of hydrogen-bond donors (Lipinski definition) is 2. The molecule has 4 heteroatoms. The third kappa shape index (κ3) is 4.06. The molecule has 0 radical (unpaired) electrons. The maximum atomic E-state index is 12.4. The van der Waals surface area contributed by atoms with E-state index in [1.807, 2.05) is 6.07 Å². The van der Waals surface area contributed by atoms with Gasteiger partial charge in [0.1, 0.15) is 0 Å². The van der Waals surface area contributed by atoms with Crippen LogP contribution in [0, 0.1) is 11.3 Å². The van der Waals surface area contributed by atoms with Gasteiger partial charge < -0.3 is 10.4 Å². The fourth-order valence-corrected chi connectivity index (χ4v) is 3.12. The van der Waals surface area contributed by atoms with Crippen molar-refractivity contribution < 1.29 is 14.7 Å². The summed E-state index contributed by atoms with van der Waals surface area (Å²) < 4.78 is 0. The summed E-state index contributed by atoms with van der Waals surface area (Å²) in [5, 5.41) is 12.1. The van der Waals surface area contributed by atoms with Gasteiger partial charge in [0.2, 0.25) is 5.91 Å². The summed E-state index contributed by atoms with van der Waals surface area (Å²) in [4.78, 5) is 23.8. The van der Waals surface area contributed by atoms with Crippen LogP contribution in [0.4, 0.5) is 0 Å². The number of aliphatic carboxylic acids is 1. The topological polar surface area (TPSA) is 66.4 Å². The molecular formula is C17H23NO3. The number of nitrogens with one attached hydrogen (secondary N) is 1. The number of hydrogen-bond acceptors (Lipinski definition) is 2. The molecule has 1 unspecified atom stereocenters. The monoisotopic (exact) mass is 289 g/mol. The molecule has 2 N–H and O–H groups in total. The maximum Gasteiger partial charge on any atom is 0.330 e. The second kappa shape index (κ2) is 6.29. The van der Waals surface area contributed by atoms with E-state index >= 15 is 0 Å². The summed E-state index contributed by atoms with van der Waals surface area (Å²) in [5.41, 5.74) is 0.763. The Hall–Kier alpha value is -1.84. The molecule has 0 spiro atoms. The summed E-state index contributed by atoms with van der Waals surface area (Å²) in [6, 6.07) is 7.87. The highest BCUT2D eigenvalue weighted by Gasteiger charge is 2.33. The van der Waals surface area contributed by atoms with Crippen molar-refractivity contribution in [2.75, 3.05) is 0 Å². The molecule has 0 heterocycles. The Kier molecular flexibility index (Phi) is 4.66. The average Bonchev–Trinajstić information content (AvgIpc) is 2.44. The zero-order valence-corrected chi connectivity index (χ0v) is 12.6. The van der Waals surface area contributed by atoms with E-state index in [9.17, 15) is 14.7 Å². The van der Waals surface area contributed by atoms with Gasteiger partial charge in [0, 0.05) is 5.92 Å². The number of carboxylic acids is 1. The molecule has 1 fully saturated rings. The van der Waals surface area contributed by atoms with E-state index in [0.717, 1.165) is 25.7 Å². The predicted octanol–water partition coefficient (Wildman–Crippen LogP) is 3.14. The minimum absolute atomic E-state index is 0.0840. The summed E-state index contributed by atoms with van der Waals surface area (Å²) >= 11 is 0. The largest absolute Gasteiger partial charge is 0.479 e. The first-order valence-corrected chi connectivity index (χ1v) is 7.47. The van der Waals surface area contributed by atoms with E-state index in [1.165, 1.54) is 0 Å². The minimum Gasteiger partial charge on any atom is -0.479 e. The number of rotatable bonds is 4. The van der Waals surface area contributed by atoms with Crippen molar-refractivity contribution in [1.82, 2.24) is 5.32 Å². The molecule has 114 valence electrons. The van der Waals surface area contributed by atoms with Crippen LogP contribution in [0.15, 0.2) is 30.3 Å². The van der Waals surface area contributed by atoms with Crippen LogP contribution in [-0.4, -0.2) is 17.0 Å². The van der Waals surface area contributed by atoms with Crippen molar-refractivity contribution >= 4 is 11.9 Å². The fraction of sp³-hybridized carbons (Fsp3) is 0.529. The number of benzene rings is 1. The van der Waals surface area contributed by atoms with Gasteiger partial charge in [0.15, 0.2) is 6.04 Å². The first-order chi connectivity index (χ1) is 9.89. The first kappa shape index (κ1) is 15.5. The van der Waals surface area contributed by atoms with Crippen molar-refractivity contribution in [2.24, 2.45) is 11.3 Å². The molecule has 2 rings (SSSR count). The van der Waals surface area contributed by atoms with Gasteiger partial charge in [0.25, 0.3) is 0 Å². The first-order valence-electron chi connectivity index (χ1n) is 7.47. The molecule has 1 amide bonds. The predicted molar refractivity (Wildman–Crippen MR) is 80.7 cm³/mol. The van der Waals surface area contributed by atoms with Gasteiger partial charge in [-0.3, -0.25) is 4.79 Å². The quantitative estimate of drug-likeness (QED) is 0.894. The molecule has 1 aromatic rings. The van der Waals surface area contributed by atoms with Crippen LogP contribution in [0.3, 0.4) is 0 Å². The second-order valence-electron chi connectivity index (χ2n) is 6.65. The summed E-state index contributed by atoms with van der Waals surface area (Å²) in [6.07, 6.45) is 3.81. The number of carboxylic acid groups (broad SMARTS) is 1. The molecular weight excluding hydrogens is 266 g/mol. The van der Waals surface area contributed by atoms with Crippen LogP contribution in [0.2, 0.25) is 0 Å². The molecule has 2 atom stereocenters. The fourth-order valence-electron chi connectivity index (χ4n) is 3.12. The van der Waals surface area contributed by atoms with E-state index in [1.54, 1.807) is 24.3 Å². The standard InChI is InChI=1S/C17H23NO3/c1-17(2)10-6-9-13(11-17)15(19)18-14(16(20)21)12-7-4-3-5-8-12/h3-5,7-8,13-14H,6,9-11H2,1-2H3,(H,18,19)(H,20,21)/t13?,14-/m1/s1. The Balaban J connectivity index is 2.07. The van der Waals surface area contributed by atoms with Crippen molar-refractivity contribution in [3.63, 3.8) is 0 Å². The number of carbonyl (C=O) groups excluding carboxylic acids is 1. The lowest BCUT2D eigenvalue weighted by molar-refractivity contribution is -0.143. The highest BCUT2D eigenvalue weighted by Crippen LogP contribution is 2.38. The molecule has 1 aliphatic carbocycles. The van der Waals surface area contributed by atoms with Crippen LogP contribution in [0.1, 0.15) is 51.1 Å². The Labute approximate surface area is 125 Å². The lowest BCUT2D eigenvalue weighted by Crippen LogP contribution is -2.40. The van der Waals surface area contributed by atoms with Gasteiger partial charge >= 0.3 is 5.97 Å². The third-order valence-electron chi connectivity index (χ3n) is 4.24. The van der Waals surface area contributed by atoms with Gasteiger partial charge in [-0.25, -0.2) is 4.79 Å². The third-order valence-corrected chi connectivity index (χ3v) is 4.24. The van der Waals surface area contributed by atoms with Crippen LogP contribution < -0.4 is 5.32 Å². The lowest BCUT2D eigenvalue weighted by Gasteiger charge is -2.34. The van der Waals surface area contributed by atoms with Crippen molar-refractivity contribution in [1.29, 1.82) is 0 Å². The SMILES string of the molecule is CC1(C)CCCC(C(=O)N[C@@H](C(=O)O)c2ccccc2)C1. The van der Waals surface area contributed by atoms with E-state index in [-0.39, 0.29) is 17.2 Å². The van der Waals surface area contributed by atoms with E-state index in [2.05, 4.69) is 19.2 Å². The Bertz CT molecular complexity index is 510. The van der Waals surface area contributed by atoms with Gasteiger partial charge in [-0.2, -0.15) is 0 Å². The maximum absolute atomic E-state index is 12.4. The number of amides is 1. The van der Waals surface area contributed by atoms with Gasteiger partial charge in [0.05, 0.1) is 0 Å². The normalized spacial score (nSPS) is 22.3. The summed E-state index contributed by atoms with van der Waals surface area (Å²) in [5.74, 6) is -1.25. The highest BCUT2D eigenvalue weighted by atomic mass is 16.4. The van der Waals surface area contributed by atoms with Crippen molar-refractivity contribution in [2.45, 2.75) is 45.6 Å². The molecule has 4 nitrogen and oxygen atoms in total. The Morgan fingerprint density at radius 2 is 1.95 bits per heavy atom. The van der Waals surface area contributed by atoms with E-state index in [0.29, 0.717) is 5.56 Å². The van der Waals surface area contributed by atoms with Gasteiger partial charge in [-0.1, -0.05) is 50.6 Å². The molecule has 0 saturated heterocycles. The van der Waals surface area contributed by atoms with E-state index < -0.39 is 12.0 Å². The molecule has 1 saturated carbocycles. The summed E-state index contributed by atoms with van der Waals surface area (Å²) in [7, 11) is 0. The molecule has 1 aromatic carbocycles. The zero-order valence-electron chi connectivity index (χ0n) is 12.6. The lowest BCUT2D eigenvalue weighted by atomic mass is 9.72. The second-order valence-corrected chi connectivity index (χ2v) is 6.65. The average molecular weight is 289 g/mol.